The van der Waals surface area contributed by atoms with Crippen LogP contribution in [-0.2, 0) is 19.3 Å². The van der Waals surface area contributed by atoms with E-state index in [9.17, 15) is 39.0 Å². The van der Waals surface area contributed by atoms with Crippen molar-refractivity contribution >= 4 is 68.9 Å². The molecule has 8 rings (SSSR count). The van der Waals surface area contributed by atoms with Crippen LogP contribution in [0.15, 0.2) is 118 Å². The molecule has 4 aromatic carbocycles. The van der Waals surface area contributed by atoms with E-state index in [4.69, 9.17) is 20.6 Å². The highest BCUT2D eigenvalue weighted by molar-refractivity contribution is 6.11. The number of nitrogens with two attached hydrogens (primary N) is 2. The van der Waals surface area contributed by atoms with Gasteiger partial charge in [0.25, 0.3) is 11.8 Å². The van der Waals surface area contributed by atoms with Gasteiger partial charge in [-0.2, -0.15) is 0 Å². The molecule has 0 aromatic heterocycles. The average Bonchev–Trinajstić information content (AvgIpc) is 1.17. The number of hydrogen-bond acceptors (Lipinski definition) is 14. The Hall–Kier alpha value is -9.48. The Morgan fingerprint density at radius 3 is 1.29 bits per heavy atom. The number of carbonyl (C=O) groups excluding carboxylic acids is 4. The SMILES string of the molecule is CN(C)c1ccc2c(-c3cc(C(=O)NCCCCCNC(=O)CON)ccc3C(=O)O)c3ccc(=[N+](C)C)cc-3oc2c1.CN(C)c1ccc2c(-c3ccc(C(=O)NCCCCCNC(=O)CON)cc3C(=O)O)c3ccc(=[N+](C)C)cc-3oc2c1. The van der Waals surface area contributed by atoms with Crippen LogP contribution in [0.2, 0.25) is 0 Å². The highest BCUT2D eigenvalue weighted by Crippen LogP contribution is 2.44. The molecule has 4 aliphatic rings. The first-order chi connectivity index (χ1) is 41.2. The predicted molar refractivity (Wildman–Crippen MR) is 332 cm³/mol. The van der Waals surface area contributed by atoms with Crippen LogP contribution in [0.3, 0.4) is 0 Å². The van der Waals surface area contributed by atoms with E-state index in [0.717, 1.165) is 75.2 Å². The molecule has 0 unspecified atom stereocenters. The van der Waals surface area contributed by atoms with Crippen molar-refractivity contribution in [1.82, 2.24) is 30.4 Å². The van der Waals surface area contributed by atoms with Crippen LogP contribution in [0.5, 0.6) is 0 Å². The first kappa shape index (κ1) is 64.1. The minimum absolute atomic E-state index is 0.0204. The molecule has 4 aromatic rings. The van der Waals surface area contributed by atoms with Crippen molar-refractivity contribution in [3.63, 3.8) is 0 Å². The molecule has 2 aliphatic carbocycles. The van der Waals surface area contributed by atoms with Crippen molar-refractivity contribution in [2.24, 2.45) is 11.8 Å². The van der Waals surface area contributed by atoms with E-state index in [2.05, 4.69) is 30.9 Å². The Morgan fingerprint density at radius 1 is 0.465 bits per heavy atom. The van der Waals surface area contributed by atoms with E-state index < -0.39 is 11.9 Å². The quantitative estimate of drug-likeness (QED) is 0.0153. The smallest absolute Gasteiger partial charge is 0.336 e. The first-order valence-corrected chi connectivity index (χ1v) is 28.1. The topological polar surface area (TPSA) is 300 Å². The van der Waals surface area contributed by atoms with Crippen LogP contribution < -0.4 is 62.7 Å². The van der Waals surface area contributed by atoms with E-state index in [1.807, 2.05) is 148 Å². The number of nitrogens with one attached hydrogen (secondary N) is 4. The van der Waals surface area contributed by atoms with Crippen molar-refractivity contribution in [2.45, 2.75) is 38.5 Å². The van der Waals surface area contributed by atoms with Crippen molar-refractivity contribution in [3.05, 3.63) is 142 Å². The summed E-state index contributed by atoms with van der Waals surface area (Å²) in [7, 11) is 15.5. The third-order valence-electron chi connectivity index (χ3n) is 14.4. The van der Waals surface area contributed by atoms with Gasteiger partial charge in [-0.25, -0.2) is 30.5 Å². The number of aromatic carboxylic acids is 2. The molecule has 2 heterocycles. The third-order valence-corrected chi connectivity index (χ3v) is 14.4. The predicted octanol–water partition coefficient (Wildman–Crippen LogP) is 5.81. The van der Waals surface area contributed by atoms with Gasteiger partial charge in [0.1, 0.15) is 64.1 Å². The van der Waals surface area contributed by atoms with Crippen molar-refractivity contribution in [2.75, 3.05) is 106 Å². The van der Waals surface area contributed by atoms with Gasteiger partial charge in [-0.3, -0.25) is 28.9 Å². The summed E-state index contributed by atoms with van der Waals surface area (Å²) in [5, 5.41) is 35.0. The highest BCUT2D eigenvalue weighted by Gasteiger charge is 2.26. The van der Waals surface area contributed by atoms with Crippen molar-refractivity contribution in [3.8, 4) is 44.9 Å². The number of carboxylic acid groups (broad SMARTS) is 2. The molecular weight excluding hydrogens is 1100 g/mol. The summed E-state index contributed by atoms with van der Waals surface area (Å²) in [6.07, 6.45) is 4.48. The van der Waals surface area contributed by atoms with Crippen molar-refractivity contribution in [1.29, 1.82) is 0 Å². The summed E-state index contributed by atoms with van der Waals surface area (Å²) in [5.74, 6) is 7.53. The standard InChI is InChI=1S/2C32H37N5O6/c1-36(2)21-9-12-24-27(17-21)43-28-18-22(37(3)4)10-13-25(28)30(24)26-16-20(8-11-23(26)32(40)41)31(39)35-15-7-5-6-14-34-29(38)19-42-33;1-36(2)21-9-12-24-27(17-21)43-28-18-22(37(3)4)10-13-25(28)30(24)23-11-8-20(16-26(23)32(40)41)31(39)35-15-7-5-6-14-34-29(38)19-42-33/h2*8-13,16-18H,5-7,14-15,19,33H2,1-4H3,(H2-,34,35,38,39,40,41)/p+2. The molecule has 0 bridgehead atoms. The summed E-state index contributed by atoms with van der Waals surface area (Å²) in [4.78, 5) is 86.3. The van der Waals surface area contributed by atoms with Crippen LogP contribution in [0, 0.1) is 0 Å². The summed E-state index contributed by atoms with van der Waals surface area (Å²) in [5.41, 5.74) is 7.65. The average molecular weight is 1180 g/mol. The van der Waals surface area contributed by atoms with Gasteiger partial charge >= 0.3 is 11.9 Å². The number of carboxylic acids is 2. The van der Waals surface area contributed by atoms with Crippen LogP contribution in [0.4, 0.5) is 11.4 Å². The first-order valence-electron chi connectivity index (χ1n) is 28.1. The molecular formula is C64H76N10O12+2. The van der Waals surface area contributed by atoms with Gasteiger partial charge in [-0.05, 0) is 116 Å². The van der Waals surface area contributed by atoms with Gasteiger partial charge < -0.3 is 50.1 Å². The van der Waals surface area contributed by atoms with E-state index in [1.54, 1.807) is 18.2 Å². The molecule has 0 radical (unpaired) electrons. The second kappa shape index (κ2) is 29.9. The van der Waals surface area contributed by atoms with E-state index in [0.29, 0.717) is 84.0 Å². The highest BCUT2D eigenvalue weighted by atomic mass is 16.6. The van der Waals surface area contributed by atoms with E-state index in [1.165, 1.54) is 18.2 Å². The van der Waals surface area contributed by atoms with Gasteiger partial charge in [0.2, 0.25) is 22.5 Å². The number of carbonyl (C=O) groups is 6. The number of unbranched alkanes of at least 4 members (excludes halogenated alkanes) is 4. The molecule has 4 amide bonds. The molecule has 0 saturated carbocycles. The Bertz CT molecular complexity index is 3880. The lowest BCUT2D eigenvalue weighted by atomic mass is 9.89. The third kappa shape index (κ3) is 16.0. The summed E-state index contributed by atoms with van der Waals surface area (Å²) in [6, 6.07) is 32.7. The normalized spacial score (nSPS) is 11.0. The Kier molecular flexibility index (Phi) is 22.2. The number of nitrogens with zero attached hydrogens (tertiary/aromatic N) is 4. The van der Waals surface area contributed by atoms with Gasteiger partial charge in [0, 0.05) is 134 Å². The monoisotopic (exact) mass is 1180 g/mol. The maximum absolute atomic E-state index is 13.2. The minimum Gasteiger partial charge on any atom is -0.478 e. The number of benzene rings is 6. The number of fused-ring (bicyclic) bond motifs is 4. The van der Waals surface area contributed by atoms with E-state index in [-0.39, 0.29) is 53.5 Å². The fraction of sp³-hybridized carbons (Fsp3) is 0.312. The molecule has 0 saturated heterocycles. The van der Waals surface area contributed by atoms with Gasteiger partial charge in [0.15, 0.2) is 0 Å². The van der Waals surface area contributed by atoms with E-state index >= 15 is 0 Å². The zero-order valence-corrected chi connectivity index (χ0v) is 49.8. The lowest BCUT2D eigenvalue weighted by Gasteiger charge is -2.19. The molecule has 0 atom stereocenters. The number of amides is 4. The number of rotatable bonds is 24. The lowest BCUT2D eigenvalue weighted by molar-refractivity contribution is -0.126. The Labute approximate surface area is 497 Å². The fourth-order valence-corrected chi connectivity index (χ4v) is 9.76. The van der Waals surface area contributed by atoms with Crippen LogP contribution in [0.25, 0.3) is 66.8 Å². The second-order valence-corrected chi connectivity index (χ2v) is 21.3. The Balaban J connectivity index is 0.000000246. The maximum Gasteiger partial charge on any atom is 0.336 e. The molecule has 22 nitrogen and oxygen atoms in total. The minimum atomic E-state index is -1.14. The summed E-state index contributed by atoms with van der Waals surface area (Å²) in [6.45, 7) is 1.46. The van der Waals surface area contributed by atoms with Gasteiger partial charge in [-0.1, -0.05) is 6.07 Å². The molecule has 22 heteroatoms. The van der Waals surface area contributed by atoms with Gasteiger partial charge in [-0.15, -0.1) is 0 Å². The molecule has 0 spiro atoms. The van der Waals surface area contributed by atoms with Crippen molar-refractivity contribution < 1.29 is 57.5 Å². The second-order valence-electron chi connectivity index (χ2n) is 21.3. The zero-order chi connectivity index (χ0) is 62.2. The molecule has 0 fully saturated rings. The fourth-order valence-electron chi connectivity index (χ4n) is 9.76. The van der Waals surface area contributed by atoms with Crippen LogP contribution in [-0.4, -0.2) is 142 Å². The van der Waals surface area contributed by atoms with Crippen LogP contribution >= 0.6 is 0 Å². The largest absolute Gasteiger partial charge is 0.478 e. The molecule has 10 N–H and O–H groups in total. The maximum atomic E-state index is 13.2. The summed E-state index contributed by atoms with van der Waals surface area (Å²) >= 11 is 0. The van der Waals surface area contributed by atoms with Crippen LogP contribution in [0.1, 0.15) is 80.0 Å². The molecule has 2 aliphatic heterocycles. The molecule has 86 heavy (non-hydrogen) atoms. The number of hydrogen-bond donors (Lipinski definition) is 8. The molecule has 452 valence electrons. The zero-order valence-electron chi connectivity index (χ0n) is 49.8. The summed E-state index contributed by atoms with van der Waals surface area (Å²) < 4.78 is 16.7. The van der Waals surface area contributed by atoms with Gasteiger partial charge in [0.05, 0.1) is 23.3 Å². The Morgan fingerprint density at radius 2 is 0.872 bits per heavy atom. The number of anilines is 2. The lowest BCUT2D eigenvalue weighted by Crippen LogP contribution is -2.29.